The average Bonchev–Trinajstić information content (AvgIpc) is 3.51. The van der Waals surface area contributed by atoms with Crippen LogP contribution in [0.3, 0.4) is 0 Å². The van der Waals surface area contributed by atoms with E-state index in [0.717, 1.165) is 22.2 Å². The first-order valence-electron chi connectivity index (χ1n) is 10.1. The molecule has 2 aromatic carbocycles. The molecule has 5 aromatic rings. The van der Waals surface area contributed by atoms with Crippen molar-refractivity contribution in [3.8, 4) is 22.3 Å². The number of aryl methyl sites for hydroxylation is 2. The van der Waals surface area contributed by atoms with Crippen molar-refractivity contribution < 1.29 is 13.9 Å². The van der Waals surface area contributed by atoms with Gasteiger partial charge in [-0.05, 0) is 38.1 Å². The Balaban J connectivity index is 1.33. The standard InChI is InChI=1S/C24H20N4O3S/c1-15-7-9-18(10-8-15)30-13-23(29)26-22-11-16(2)27-28(22)24-25-19(14-32-24)21-12-17-5-3-4-6-20(17)31-21/h3-12,14H,13H2,1-2H3,(H,26,29). The van der Waals surface area contributed by atoms with Crippen LogP contribution in [-0.4, -0.2) is 27.3 Å². The maximum atomic E-state index is 12.5. The molecular formula is C24H20N4O3S. The Morgan fingerprint density at radius 2 is 1.94 bits per heavy atom. The molecule has 0 saturated heterocycles. The lowest BCUT2D eigenvalue weighted by atomic mass is 10.2. The third kappa shape index (κ3) is 4.13. The molecule has 8 heteroatoms. The largest absolute Gasteiger partial charge is 0.484 e. The first kappa shape index (κ1) is 20.0. The van der Waals surface area contributed by atoms with Crippen LogP contribution in [0.4, 0.5) is 5.82 Å². The van der Waals surface area contributed by atoms with Gasteiger partial charge in [-0.25, -0.2) is 4.98 Å². The van der Waals surface area contributed by atoms with Gasteiger partial charge in [0.15, 0.2) is 12.4 Å². The maximum absolute atomic E-state index is 12.5. The van der Waals surface area contributed by atoms with Crippen LogP contribution in [-0.2, 0) is 4.79 Å². The Morgan fingerprint density at radius 3 is 2.75 bits per heavy atom. The molecule has 0 aliphatic carbocycles. The lowest BCUT2D eigenvalue weighted by molar-refractivity contribution is -0.118. The second kappa shape index (κ2) is 8.32. The second-order valence-corrected chi connectivity index (χ2v) is 8.23. The maximum Gasteiger partial charge on any atom is 0.263 e. The molecule has 3 heterocycles. The highest BCUT2D eigenvalue weighted by Gasteiger charge is 2.16. The molecule has 0 bridgehead atoms. The van der Waals surface area contributed by atoms with Crippen molar-refractivity contribution in [1.29, 1.82) is 0 Å². The molecule has 0 fully saturated rings. The summed E-state index contributed by atoms with van der Waals surface area (Å²) >= 11 is 1.42. The quantitative estimate of drug-likeness (QED) is 0.380. The van der Waals surface area contributed by atoms with Crippen molar-refractivity contribution in [3.05, 3.63) is 77.3 Å². The number of para-hydroxylation sites is 1. The minimum absolute atomic E-state index is 0.102. The molecule has 0 saturated carbocycles. The third-order valence-corrected chi connectivity index (χ3v) is 5.66. The summed E-state index contributed by atoms with van der Waals surface area (Å²) in [6.45, 7) is 3.76. The van der Waals surface area contributed by atoms with Gasteiger partial charge in [-0.1, -0.05) is 35.9 Å². The van der Waals surface area contributed by atoms with E-state index in [9.17, 15) is 4.79 Å². The molecule has 32 heavy (non-hydrogen) atoms. The van der Waals surface area contributed by atoms with E-state index in [2.05, 4.69) is 15.4 Å². The minimum Gasteiger partial charge on any atom is -0.484 e. The monoisotopic (exact) mass is 444 g/mol. The van der Waals surface area contributed by atoms with Crippen LogP contribution in [0.15, 0.2) is 70.5 Å². The van der Waals surface area contributed by atoms with E-state index >= 15 is 0 Å². The number of carbonyl (C=O) groups is 1. The third-order valence-electron chi connectivity index (χ3n) is 4.84. The van der Waals surface area contributed by atoms with E-state index in [4.69, 9.17) is 9.15 Å². The molecule has 5 rings (SSSR count). The Kier molecular flexibility index (Phi) is 5.20. The number of fused-ring (bicyclic) bond motifs is 1. The zero-order valence-electron chi connectivity index (χ0n) is 17.5. The predicted octanol–water partition coefficient (Wildman–Crippen LogP) is 5.38. The molecule has 0 radical (unpaired) electrons. The molecular weight excluding hydrogens is 424 g/mol. The molecule has 1 N–H and O–H groups in total. The molecule has 3 aromatic heterocycles. The van der Waals surface area contributed by atoms with E-state index in [1.807, 2.05) is 73.8 Å². The van der Waals surface area contributed by atoms with Crippen molar-refractivity contribution >= 4 is 34.0 Å². The van der Waals surface area contributed by atoms with Gasteiger partial charge in [0.1, 0.15) is 22.8 Å². The number of amides is 1. The van der Waals surface area contributed by atoms with Gasteiger partial charge in [0.05, 0.1) is 5.69 Å². The Bertz CT molecular complexity index is 1370. The fraction of sp³-hybridized carbons (Fsp3) is 0.125. The van der Waals surface area contributed by atoms with Crippen molar-refractivity contribution in [3.63, 3.8) is 0 Å². The van der Waals surface area contributed by atoms with Crippen LogP contribution in [0, 0.1) is 13.8 Å². The summed E-state index contributed by atoms with van der Waals surface area (Å²) in [6.07, 6.45) is 0. The van der Waals surface area contributed by atoms with Crippen molar-refractivity contribution in [2.24, 2.45) is 0 Å². The second-order valence-electron chi connectivity index (χ2n) is 7.40. The number of aromatic nitrogens is 3. The van der Waals surface area contributed by atoms with Gasteiger partial charge < -0.3 is 14.5 Å². The molecule has 0 unspecified atom stereocenters. The first-order valence-corrected chi connectivity index (χ1v) is 10.9. The molecule has 0 spiro atoms. The number of nitrogens with zero attached hydrogens (tertiary/aromatic N) is 3. The zero-order valence-corrected chi connectivity index (χ0v) is 18.3. The van der Waals surface area contributed by atoms with Gasteiger partial charge in [-0.15, -0.1) is 11.3 Å². The van der Waals surface area contributed by atoms with Crippen molar-refractivity contribution in [2.75, 3.05) is 11.9 Å². The van der Waals surface area contributed by atoms with Crippen LogP contribution in [0.2, 0.25) is 0 Å². The topological polar surface area (TPSA) is 82.2 Å². The van der Waals surface area contributed by atoms with Crippen LogP contribution < -0.4 is 10.1 Å². The number of ether oxygens (including phenoxy) is 1. The number of nitrogens with one attached hydrogen (secondary N) is 1. The van der Waals surface area contributed by atoms with Gasteiger partial charge in [-0.2, -0.15) is 9.78 Å². The molecule has 7 nitrogen and oxygen atoms in total. The van der Waals surface area contributed by atoms with Crippen molar-refractivity contribution in [2.45, 2.75) is 13.8 Å². The summed E-state index contributed by atoms with van der Waals surface area (Å²) in [5.74, 6) is 1.59. The van der Waals surface area contributed by atoms with E-state index in [-0.39, 0.29) is 12.5 Å². The highest BCUT2D eigenvalue weighted by atomic mass is 32.1. The Morgan fingerprint density at radius 1 is 1.12 bits per heavy atom. The molecule has 1 amide bonds. The highest BCUT2D eigenvalue weighted by molar-refractivity contribution is 7.12. The Labute approximate surface area is 188 Å². The normalized spacial score (nSPS) is 11.1. The Hall–Kier alpha value is -3.91. The lowest BCUT2D eigenvalue weighted by Gasteiger charge is -2.08. The number of carbonyl (C=O) groups excluding carboxylic acids is 1. The van der Waals surface area contributed by atoms with Crippen LogP contribution >= 0.6 is 11.3 Å². The number of hydrogen-bond acceptors (Lipinski definition) is 6. The highest BCUT2D eigenvalue weighted by Crippen LogP contribution is 2.30. The summed E-state index contributed by atoms with van der Waals surface area (Å²) in [4.78, 5) is 17.1. The summed E-state index contributed by atoms with van der Waals surface area (Å²) in [5, 5.41) is 10.9. The van der Waals surface area contributed by atoms with Crippen LogP contribution in [0.1, 0.15) is 11.3 Å². The number of benzene rings is 2. The number of hydrogen-bond donors (Lipinski definition) is 1. The number of thiazole rings is 1. The summed E-state index contributed by atoms with van der Waals surface area (Å²) in [6, 6.07) is 19.2. The molecule has 160 valence electrons. The van der Waals surface area contributed by atoms with E-state index in [0.29, 0.717) is 28.2 Å². The summed E-state index contributed by atoms with van der Waals surface area (Å²) in [5.41, 5.74) is 3.43. The van der Waals surface area contributed by atoms with Crippen molar-refractivity contribution in [1.82, 2.24) is 14.8 Å². The number of furan rings is 1. The zero-order chi connectivity index (χ0) is 22.1. The smallest absolute Gasteiger partial charge is 0.263 e. The van der Waals surface area contributed by atoms with Crippen LogP contribution in [0.5, 0.6) is 5.75 Å². The fourth-order valence-electron chi connectivity index (χ4n) is 3.28. The fourth-order valence-corrected chi connectivity index (χ4v) is 4.06. The molecule has 0 atom stereocenters. The van der Waals surface area contributed by atoms with E-state index in [1.54, 1.807) is 10.7 Å². The van der Waals surface area contributed by atoms with Gasteiger partial charge in [-0.3, -0.25) is 4.79 Å². The summed E-state index contributed by atoms with van der Waals surface area (Å²) in [7, 11) is 0. The first-order chi connectivity index (χ1) is 15.5. The lowest BCUT2D eigenvalue weighted by Crippen LogP contribution is -2.21. The number of rotatable bonds is 6. The predicted molar refractivity (Wildman–Crippen MR) is 124 cm³/mol. The van der Waals surface area contributed by atoms with Gasteiger partial charge in [0, 0.05) is 16.8 Å². The van der Waals surface area contributed by atoms with Gasteiger partial charge in [0.25, 0.3) is 5.91 Å². The van der Waals surface area contributed by atoms with Gasteiger partial charge in [0.2, 0.25) is 5.13 Å². The van der Waals surface area contributed by atoms with Crippen LogP contribution in [0.25, 0.3) is 27.6 Å². The SMILES string of the molecule is Cc1ccc(OCC(=O)Nc2cc(C)nn2-c2nc(-c3cc4ccccc4o3)cs2)cc1. The minimum atomic E-state index is -0.277. The molecule has 0 aliphatic heterocycles. The van der Waals surface area contributed by atoms with Gasteiger partial charge >= 0.3 is 0 Å². The van der Waals surface area contributed by atoms with E-state index < -0.39 is 0 Å². The van der Waals surface area contributed by atoms with E-state index in [1.165, 1.54) is 11.3 Å². The number of anilines is 1. The molecule has 0 aliphatic rings. The summed E-state index contributed by atoms with van der Waals surface area (Å²) < 4.78 is 13.1. The average molecular weight is 445 g/mol.